The monoisotopic (exact) mass is 330 g/mol. The molecule has 6 heteroatoms. The van der Waals surface area contributed by atoms with Crippen molar-refractivity contribution in [2.24, 2.45) is 5.92 Å². The molecule has 1 rings (SSSR count). The first-order valence-electron chi connectivity index (χ1n) is 8.61. The summed E-state index contributed by atoms with van der Waals surface area (Å²) in [5, 5.41) is 13.1. The number of methoxy groups -OCH3 is 1. The van der Waals surface area contributed by atoms with Gasteiger partial charge in [-0.15, -0.1) is 0 Å². The number of carbonyl (C=O) groups is 1. The molecule has 0 saturated carbocycles. The van der Waals surface area contributed by atoms with E-state index in [1.54, 1.807) is 7.11 Å². The summed E-state index contributed by atoms with van der Waals surface area (Å²) in [7, 11) is 1.59. The second-order valence-electron chi connectivity index (χ2n) is 7.47. The Hall–Kier alpha value is -0.850. The average Bonchev–Trinajstić information content (AvgIpc) is 2.46. The first-order valence-corrected chi connectivity index (χ1v) is 8.61. The lowest BCUT2D eigenvalue weighted by Crippen LogP contribution is -2.48. The molecule has 3 atom stereocenters. The van der Waals surface area contributed by atoms with Crippen LogP contribution in [0, 0.1) is 5.92 Å². The van der Waals surface area contributed by atoms with Crippen LogP contribution < -0.4 is 5.32 Å². The number of hydrogen-bond acceptors (Lipinski definition) is 5. The first-order chi connectivity index (χ1) is 10.7. The number of amides is 1. The lowest BCUT2D eigenvalue weighted by molar-refractivity contribution is 0.0147. The zero-order valence-corrected chi connectivity index (χ0v) is 15.3. The summed E-state index contributed by atoms with van der Waals surface area (Å²) in [6, 6.07) is 0.301. The highest BCUT2D eigenvalue weighted by atomic mass is 16.6. The SMILES string of the molecule is COCC(O)CCNC(C)C1CCCN(C(=O)OC(C)(C)C)C1. The number of rotatable bonds is 7. The number of likely N-dealkylation sites (tertiary alicyclic amines) is 1. The fraction of sp³-hybridized carbons (Fsp3) is 0.941. The minimum absolute atomic E-state index is 0.218. The topological polar surface area (TPSA) is 71.0 Å². The van der Waals surface area contributed by atoms with Gasteiger partial charge in [0.25, 0.3) is 0 Å². The quantitative estimate of drug-likeness (QED) is 0.747. The Morgan fingerprint density at radius 1 is 1.43 bits per heavy atom. The van der Waals surface area contributed by atoms with Crippen molar-refractivity contribution in [1.82, 2.24) is 10.2 Å². The van der Waals surface area contributed by atoms with E-state index in [0.717, 1.165) is 32.5 Å². The summed E-state index contributed by atoms with van der Waals surface area (Å²) in [5.41, 5.74) is -0.453. The number of nitrogens with zero attached hydrogens (tertiary/aromatic N) is 1. The van der Waals surface area contributed by atoms with Crippen LogP contribution in [0.2, 0.25) is 0 Å². The molecule has 1 heterocycles. The maximum atomic E-state index is 12.2. The van der Waals surface area contributed by atoms with E-state index in [1.165, 1.54) is 0 Å². The number of piperidine rings is 1. The van der Waals surface area contributed by atoms with Crippen molar-refractivity contribution in [3.63, 3.8) is 0 Å². The van der Waals surface area contributed by atoms with Crippen LogP contribution >= 0.6 is 0 Å². The van der Waals surface area contributed by atoms with Gasteiger partial charge in [0.15, 0.2) is 0 Å². The van der Waals surface area contributed by atoms with Crippen molar-refractivity contribution in [1.29, 1.82) is 0 Å². The highest BCUT2D eigenvalue weighted by Gasteiger charge is 2.29. The average molecular weight is 330 g/mol. The summed E-state index contributed by atoms with van der Waals surface area (Å²) in [6.45, 7) is 10.4. The van der Waals surface area contributed by atoms with E-state index in [4.69, 9.17) is 9.47 Å². The molecule has 0 aromatic carbocycles. The molecule has 0 aromatic rings. The van der Waals surface area contributed by atoms with Crippen LogP contribution in [0.5, 0.6) is 0 Å². The zero-order chi connectivity index (χ0) is 17.5. The molecule has 0 aromatic heterocycles. The van der Waals surface area contributed by atoms with Crippen molar-refractivity contribution in [3.05, 3.63) is 0 Å². The van der Waals surface area contributed by atoms with E-state index in [0.29, 0.717) is 25.0 Å². The molecule has 3 unspecified atom stereocenters. The van der Waals surface area contributed by atoms with Gasteiger partial charge >= 0.3 is 6.09 Å². The fourth-order valence-electron chi connectivity index (χ4n) is 2.83. The molecular weight excluding hydrogens is 296 g/mol. The van der Waals surface area contributed by atoms with Gasteiger partial charge in [-0.05, 0) is 59.4 Å². The lowest BCUT2D eigenvalue weighted by atomic mass is 9.91. The van der Waals surface area contributed by atoms with E-state index in [2.05, 4.69) is 12.2 Å². The summed E-state index contributed by atoms with van der Waals surface area (Å²) in [5.74, 6) is 0.413. The molecule has 2 N–H and O–H groups in total. The van der Waals surface area contributed by atoms with Gasteiger partial charge in [-0.2, -0.15) is 0 Å². The molecule has 0 aliphatic carbocycles. The van der Waals surface area contributed by atoms with Crippen LogP contribution in [-0.2, 0) is 9.47 Å². The molecule has 1 amide bonds. The van der Waals surface area contributed by atoms with Crippen molar-refractivity contribution in [3.8, 4) is 0 Å². The fourth-order valence-corrected chi connectivity index (χ4v) is 2.83. The van der Waals surface area contributed by atoms with Crippen molar-refractivity contribution in [2.45, 2.75) is 64.7 Å². The van der Waals surface area contributed by atoms with Gasteiger partial charge in [0.1, 0.15) is 5.60 Å². The van der Waals surface area contributed by atoms with E-state index in [1.807, 2.05) is 25.7 Å². The standard InChI is InChI=1S/C17H34N2O4/c1-13(18-9-8-15(20)12-22-5)14-7-6-10-19(11-14)16(21)23-17(2,3)4/h13-15,18,20H,6-12H2,1-5H3. The number of hydrogen-bond donors (Lipinski definition) is 2. The lowest BCUT2D eigenvalue weighted by Gasteiger charge is -2.37. The van der Waals surface area contributed by atoms with Gasteiger partial charge < -0.3 is 24.8 Å². The third-order valence-corrected chi connectivity index (χ3v) is 4.12. The number of aliphatic hydroxyl groups is 1. The van der Waals surface area contributed by atoms with Gasteiger partial charge in [0, 0.05) is 26.2 Å². The van der Waals surface area contributed by atoms with Gasteiger partial charge in [-0.25, -0.2) is 4.79 Å². The van der Waals surface area contributed by atoms with E-state index in [9.17, 15) is 9.90 Å². The van der Waals surface area contributed by atoms with Gasteiger partial charge in [0.2, 0.25) is 0 Å². The molecule has 0 radical (unpaired) electrons. The van der Waals surface area contributed by atoms with E-state index >= 15 is 0 Å². The molecule has 1 aliphatic heterocycles. The van der Waals surface area contributed by atoms with Crippen LogP contribution in [0.3, 0.4) is 0 Å². The van der Waals surface area contributed by atoms with E-state index in [-0.39, 0.29) is 6.09 Å². The van der Waals surface area contributed by atoms with Crippen molar-refractivity contribution in [2.75, 3.05) is 33.4 Å². The zero-order valence-electron chi connectivity index (χ0n) is 15.3. The highest BCUT2D eigenvalue weighted by molar-refractivity contribution is 5.68. The minimum atomic E-state index is -0.453. The molecular formula is C17H34N2O4. The second-order valence-corrected chi connectivity index (χ2v) is 7.47. The molecule has 1 aliphatic rings. The number of aliphatic hydroxyl groups excluding tert-OH is 1. The highest BCUT2D eigenvalue weighted by Crippen LogP contribution is 2.21. The Morgan fingerprint density at radius 2 is 2.13 bits per heavy atom. The van der Waals surface area contributed by atoms with Gasteiger partial charge in [-0.1, -0.05) is 0 Å². The predicted octanol–water partition coefficient (Wildman–Crippen LogP) is 2.01. The van der Waals surface area contributed by atoms with Crippen LogP contribution in [-0.4, -0.2) is 67.2 Å². The Labute approximate surface area is 140 Å². The normalized spacial score (nSPS) is 21.8. The van der Waals surface area contributed by atoms with Crippen LogP contribution in [0.15, 0.2) is 0 Å². The maximum absolute atomic E-state index is 12.2. The van der Waals surface area contributed by atoms with Crippen molar-refractivity contribution >= 4 is 6.09 Å². The molecule has 136 valence electrons. The Kier molecular flexibility index (Phi) is 8.29. The molecule has 0 bridgehead atoms. The van der Waals surface area contributed by atoms with Crippen LogP contribution in [0.4, 0.5) is 4.79 Å². The largest absolute Gasteiger partial charge is 0.444 e. The summed E-state index contributed by atoms with van der Waals surface area (Å²) >= 11 is 0. The summed E-state index contributed by atoms with van der Waals surface area (Å²) in [6.07, 6.45) is 2.13. The number of nitrogens with one attached hydrogen (secondary N) is 1. The third-order valence-electron chi connectivity index (χ3n) is 4.12. The molecule has 1 saturated heterocycles. The number of ether oxygens (including phenoxy) is 2. The molecule has 1 fully saturated rings. The van der Waals surface area contributed by atoms with Crippen LogP contribution in [0.25, 0.3) is 0 Å². The van der Waals surface area contributed by atoms with Gasteiger partial charge in [0.05, 0.1) is 12.7 Å². The molecule has 6 nitrogen and oxygen atoms in total. The van der Waals surface area contributed by atoms with E-state index < -0.39 is 11.7 Å². The first kappa shape index (κ1) is 20.2. The Bertz CT molecular complexity index is 357. The Balaban J connectivity index is 2.37. The molecule has 23 heavy (non-hydrogen) atoms. The summed E-state index contributed by atoms with van der Waals surface area (Å²) < 4.78 is 10.4. The second kappa shape index (κ2) is 9.45. The smallest absolute Gasteiger partial charge is 0.410 e. The van der Waals surface area contributed by atoms with Crippen molar-refractivity contribution < 1.29 is 19.4 Å². The minimum Gasteiger partial charge on any atom is -0.444 e. The van der Waals surface area contributed by atoms with Crippen LogP contribution in [0.1, 0.15) is 47.0 Å². The third kappa shape index (κ3) is 7.99. The molecule has 0 spiro atoms. The van der Waals surface area contributed by atoms with Gasteiger partial charge in [-0.3, -0.25) is 0 Å². The maximum Gasteiger partial charge on any atom is 0.410 e. The Morgan fingerprint density at radius 3 is 2.74 bits per heavy atom. The number of carbonyl (C=O) groups excluding carboxylic acids is 1. The summed E-state index contributed by atoms with van der Waals surface area (Å²) in [4.78, 5) is 14.0. The predicted molar refractivity (Wildman–Crippen MR) is 90.5 cm³/mol.